The zero-order valence-electron chi connectivity index (χ0n) is 18.1. The van der Waals surface area contributed by atoms with Crippen molar-refractivity contribution in [2.24, 2.45) is 0 Å². The molecule has 4 heterocycles. The SMILES string of the molecule is Cc1nnc(SCC2=C(C(=O)O)N3C(=O)[C@H](NC(=O)[C@H](C)n4nc([N+](=O)[O-])cc4C)[C@@H]3SC2)s1. The minimum Gasteiger partial charge on any atom is -0.477 e. The van der Waals surface area contributed by atoms with Gasteiger partial charge in [-0.15, -0.1) is 22.0 Å². The number of β-lactam (4-membered cyclic amide) rings is 1. The van der Waals surface area contributed by atoms with Crippen molar-refractivity contribution in [2.45, 2.75) is 42.6 Å². The van der Waals surface area contributed by atoms with Gasteiger partial charge in [-0.1, -0.05) is 23.1 Å². The lowest BCUT2D eigenvalue weighted by atomic mass is 10.0. The molecule has 0 spiro atoms. The summed E-state index contributed by atoms with van der Waals surface area (Å²) in [6.45, 7) is 4.93. The highest BCUT2D eigenvalue weighted by Crippen LogP contribution is 2.42. The van der Waals surface area contributed by atoms with Crippen LogP contribution in [-0.4, -0.2) is 75.6 Å². The molecule has 180 valence electrons. The Hall–Kier alpha value is -2.98. The molecule has 0 aromatic carbocycles. The van der Waals surface area contributed by atoms with Crippen molar-refractivity contribution in [1.29, 1.82) is 0 Å². The number of aromatic nitrogens is 4. The van der Waals surface area contributed by atoms with Gasteiger partial charge in [-0.05, 0) is 31.3 Å². The molecular weight excluding hydrogens is 506 g/mol. The quantitative estimate of drug-likeness (QED) is 0.220. The summed E-state index contributed by atoms with van der Waals surface area (Å²) in [5, 5.41) is 35.4. The summed E-state index contributed by atoms with van der Waals surface area (Å²) < 4.78 is 1.93. The van der Waals surface area contributed by atoms with Gasteiger partial charge in [0.25, 0.3) is 5.91 Å². The number of aliphatic carboxylic acids is 1. The minimum absolute atomic E-state index is 0.0698. The third-order valence-electron chi connectivity index (χ3n) is 5.27. The lowest BCUT2D eigenvalue weighted by Crippen LogP contribution is -2.71. The summed E-state index contributed by atoms with van der Waals surface area (Å²) in [4.78, 5) is 49.1. The molecule has 2 N–H and O–H groups in total. The molecule has 1 fully saturated rings. The van der Waals surface area contributed by atoms with Crippen molar-refractivity contribution in [3.05, 3.63) is 38.2 Å². The molecule has 0 aliphatic carbocycles. The first-order valence-corrected chi connectivity index (χ1v) is 12.8. The fourth-order valence-corrected chi connectivity index (χ4v) is 6.92. The maximum absolute atomic E-state index is 12.9. The van der Waals surface area contributed by atoms with Gasteiger partial charge in [-0.25, -0.2) is 4.79 Å². The van der Waals surface area contributed by atoms with E-state index in [-0.39, 0.29) is 11.5 Å². The van der Waals surface area contributed by atoms with Crippen LogP contribution in [0.15, 0.2) is 21.7 Å². The van der Waals surface area contributed by atoms with E-state index in [4.69, 9.17) is 0 Å². The minimum atomic E-state index is -1.21. The Bertz CT molecular complexity index is 1220. The lowest BCUT2D eigenvalue weighted by Gasteiger charge is -2.49. The topological polar surface area (TPSA) is 173 Å². The summed E-state index contributed by atoms with van der Waals surface area (Å²) in [6.07, 6.45) is 0. The Kier molecular flexibility index (Phi) is 6.64. The van der Waals surface area contributed by atoms with E-state index in [1.807, 2.05) is 6.92 Å². The summed E-state index contributed by atoms with van der Waals surface area (Å²) in [5.74, 6) is -1.92. The average Bonchev–Trinajstić information content (AvgIpc) is 3.39. The number of hydrogen-bond donors (Lipinski definition) is 2. The number of amides is 2. The number of carboxylic acid groups (broad SMARTS) is 1. The number of carboxylic acids is 1. The third kappa shape index (κ3) is 4.39. The molecule has 1 saturated heterocycles. The van der Waals surface area contributed by atoms with Crippen LogP contribution in [0.4, 0.5) is 5.82 Å². The number of nitro groups is 1. The number of aryl methyl sites for hydroxylation is 2. The van der Waals surface area contributed by atoms with Crippen LogP contribution in [0.5, 0.6) is 0 Å². The molecule has 2 aliphatic rings. The lowest BCUT2D eigenvalue weighted by molar-refractivity contribution is -0.389. The van der Waals surface area contributed by atoms with Gasteiger partial charge in [0.05, 0.1) is 16.9 Å². The molecule has 2 aliphatic heterocycles. The highest BCUT2D eigenvalue weighted by atomic mass is 32.2. The van der Waals surface area contributed by atoms with Gasteiger partial charge in [-0.2, -0.15) is 4.68 Å². The van der Waals surface area contributed by atoms with Crippen LogP contribution in [0.25, 0.3) is 0 Å². The van der Waals surface area contributed by atoms with E-state index >= 15 is 0 Å². The number of nitrogens with one attached hydrogen (secondary N) is 1. The molecular formula is C18H19N7O6S3. The van der Waals surface area contributed by atoms with Gasteiger partial charge in [-0.3, -0.25) is 14.5 Å². The smallest absolute Gasteiger partial charge is 0.390 e. The highest BCUT2D eigenvalue weighted by Gasteiger charge is 2.54. The Morgan fingerprint density at radius 2 is 2.15 bits per heavy atom. The summed E-state index contributed by atoms with van der Waals surface area (Å²) in [5.41, 5.74) is 0.948. The van der Waals surface area contributed by atoms with Crippen molar-refractivity contribution in [2.75, 3.05) is 11.5 Å². The number of rotatable bonds is 8. The van der Waals surface area contributed by atoms with Crippen LogP contribution in [0.2, 0.25) is 0 Å². The Morgan fingerprint density at radius 3 is 2.74 bits per heavy atom. The Labute approximate surface area is 205 Å². The molecule has 0 radical (unpaired) electrons. The fraction of sp³-hybridized carbons (Fsp3) is 0.444. The first-order valence-electron chi connectivity index (χ1n) is 9.92. The van der Waals surface area contributed by atoms with Gasteiger partial charge < -0.3 is 20.5 Å². The van der Waals surface area contributed by atoms with Crippen molar-refractivity contribution in [3.8, 4) is 0 Å². The molecule has 2 amide bonds. The van der Waals surface area contributed by atoms with Crippen LogP contribution >= 0.6 is 34.9 Å². The first kappa shape index (κ1) is 24.2. The van der Waals surface area contributed by atoms with Gasteiger partial charge in [0.15, 0.2) is 4.34 Å². The second kappa shape index (κ2) is 9.34. The summed E-state index contributed by atoms with van der Waals surface area (Å²) in [7, 11) is 0. The fourth-order valence-electron chi connectivity index (χ4n) is 3.62. The largest absolute Gasteiger partial charge is 0.477 e. The van der Waals surface area contributed by atoms with E-state index in [9.17, 15) is 29.6 Å². The third-order valence-corrected chi connectivity index (χ3v) is 8.67. The summed E-state index contributed by atoms with van der Waals surface area (Å²) in [6, 6.07) is -0.551. The molecule has 0 unspecified atom stereocenters. The number of thioether (sulfide) groups is 2. The molecule has 0 bridgehead atoms. The van der Waals surface area contributed by atoms with Crippen LogP contribution in [-0.2, 0) is 14.4 Å². The van der Waals surface area contributed by atoms with Crippen LogP contribution in [0, 0.1) is 24.0 Å². The summed E-state index contributed by atoms with van der Waals surface area (Å²) >= 11 is 4.13. The predicted molar refractivity (Wildman–Crippen MR) is 123 cm³/mol. The van der Waals surface area contributed by atoms with E-state index in [2.05, 4.69) is 20.6 Å². The maximum Gasteiger partial charge on any atom is 0.390 e. The maximum atomic E-state index is 12.9. The molecule has 2 aromatic rings. The Morgan fingerprint density at radius 1 is 1.41 bits per heavy atom. The second-order valence-corrected chi connectivity index (χ2v) is 11.1. The van der Waals surface area contributed by atoms with E-state index in [0.29, 0.717) is 27.1 Å². The molecule has 0 saturated carbocycles. The van der Waals surface area contributed by atoms with Gasteiger partial charge >= 0.3 is 11.8 Å². The van der Waals surface area contributed by atoms with Crippen molar-refractivity contribution < 1.29 is 24.4 Å². The van der Waals surface area contributed by atoms with Crippen molar-refractivity contribution >= 4 is 58.5 Å². The number of carbonyl (C=O) groups is 3. The van der Waals surface area contributed by atoms with Crippen molar-refractivity contribution in [3.63, 3.8) is 0 Å². The first-order chi connectivity index (χ1) is 16.1. The molecule has 3 atom stereocenters. The molecule has 2 aromatic heterocycles. The molecule has 16 heteroatoms. The average molecular weight is 526 g/mol. The van der Waals surface area contributed by atoms with Crippen LogP contribution < -0.4 is 5.32 Å². The van der Waals surface area contributed by atoms with Crippen LogP contribution in [0.3, 0.4) is 0 Å². The molecule has 34 heavy (non-hydrogen) atoms. The van der Waals surface area contributed by atoms with Gasteiger partial charge in [0.1, 0.15) is 28.2 Å². The van der Waals surface area contributed by atoms with Crippen molar-refractivity contribution in [1.82, 2.24) is 30.2 Å². The molecule has 4 rings (SSSR count). The highest BCUT2D eigenvalue weighted by molar-refractivity contribution is 8.01. The predicted octanol–water partition coefficient (Wildman–Crippen LogP) is 1.35. The standard InChI is InChI=1S/C18H19N7O6S3/c1-7-4-11(25(30)31)22-24(7)8(2)14(26)19-12-15(27)23-13(17(28)29)10(5-32-16(12)23)6-33-18-21-20-9(3)34-18/h4,8,12,16H,5-6H2,1-3H3,(H,19,26)(H,28,29)/t8-,12-,16-/m0/s1. The normalized spacial score (nSPS) is 20.6. The number of carbonyl (C=O) groups excluding carboxylic acids is 2. The van der Waals surface area contributed by atoms with Gasteiger partial charge in [0.2, 0.25) is 5.91 Å². The zero-order valence-corrected chi connectivity index (χ0v) is 20.6. The number of hydrogen-bond acceptors (Lipinski definition) is 11. The monoisotopic (exact) mass is 525 g/mol. The number of fused-ring (bicyclic) bond motifs is 1. The zero-order chi connectivity index (χ0) is 24.7. The number of nitrogens with zero attached hydrogens (tertiary/aromatic N) is 6. The second-order valence-electron chi connectivity index (χ2n) is 7.55. The van der Waals surface area contributed by atoms with E-state index < -0.39 is 40.2 Å². The van der Waals surface area contributed by atoms with E-state index in [1.54, 1.807) is 6.92 Å². The van der Waals surface area contributed by atoms with Gasteiger partial charge in [0, 0.05) is 11.5 Å². The Balaban J connectivity index is 1.46. The molecule has 13 nitrogen and oxygen atoms in total. The van der Waals surface area contributed by atoms with Crippen LogP contribution in [0.1, 0.15) is 23.7 Å². The van der Waals surface area contributed by atoms with E-state index in [1.165, 1.54) is 57.4 Å². The van der Waals surface area contributed by atoms with E-state index in [0.717, 1.165) is 5.01 Å².